The number of sulfone groups is 1. The van der Waals surface area contributed by atoms with Crippen LogP contribution in [0.4, 0.5) is 0 Å². The van der Waals surface area contributed by atoms with Crippen LogP contribution in [0.1, 0.15) is 19.8 Å². The van der Waals surface area contributed by atoms with E-state index in [0.717, 1.165) is 6.42 Å². The summed E-state index contributed by atoms with van der Waals surface area (Å²) < 4.78 is 33.8. The highest BCUT2D eigenvalue weighted by atomic mass is 32.2. The number of methoxy groups -OCH3 is 1. The monoisotopic (exact) mass is 293 g/mol. The molecule has 0 bridgehead atoms. The van der Waals surface area contributed by atoms with Gasteiger partial charge in [-0.15, -0.1) is 0 Å². The molecule has 1 rings (SSSR count). The first kappa shape index (κ1) is 16.4. The van der Waals surface area contributed by atoms with Crippen molar-refractivity contribution in [2.45, 2.75) is 25.8 Å². The van der Waals surface area contributed by atoms with Crippen molar-refractivity contribution in [1.29, 1.82) is 0 Å². The first-order valence-electron chi connectivity index (χ1n) is 6.57. The molecule has 1 saturated heterocycles. The number of ether oxygens (including phenoxy) is 2. The molecule has 0 radical (unpaired) electrons. The quantitative estimate of drug-likeness (QED) is 0.633. The van der Waals surface area contributed by atoms with Gasteiger partial charge in [0.1, 0.15) is 0 Å². The fraction of sp³-hybridized carbons (Fsp3) is 0.917. The minimum absolute atomic E-state index is 0.0475. The SMILES string of the molecule is CCNC(CS(=O)(=O)CCC(=O)OC)C1CCOC1. The number of hydrogen-bond donors (Lipinski definition) is 1. The highest BCUT2D eigenvalue weighted by molar-refractivity contribution is 7.91. The Hall–Kier alpha value is -0.660. The molecule has 0 aromatic carbocycles. The van der Waals surface area contributed by atoms with Crippen LogP contribution in [0.15, 0.2) is 0 Å². The fourth-order valence-corrected chi connectivity index (χ4v) is 3.77. The van der Waals surface area contributed by atoms with E-state index < -0.39 is 15.8 Å². The van der Waals surface area contributed by atoms with Gasteiger partial charge in [0.05, 0.1) is 31.6 Å². The minimum atomic E-state index is -3.26. The second-order valence-corrected chi connectivity index (χ2v) is 6.96. The predicted molar refractivity (Wildman–Crippen MR) is 71.7 cm³/mol. The van der Waals surface area contributed by atoms with E-state index in [-0.39, 0.29) is 29.9 Å². The van der Waals surface area contributed by atoms with Crippen molar-refractivity contribution in [1.82, 2.24) is 5.32 Å². The maximum Gasteiger partial charge on any atom is 0.306 e. The topological polar surface area (TPSA) is 81.7 Å². The van der Waals surface area contributed by atoms with Gasteiger partial charge >= 0.3 is 5.97 Å². The Labute approximate surface area is 114 Å². The first-order chi connectivity index (χ1) is 8.98. The Morgan fingerprint density at radius 3 is 2.79 bits per heavy atom. The van der Waals surface area contributed by atoms with Gasteiger partial charge in [-0.3, -0.25) is 4.79 Å². The number of carbonyl (C=O) groups is 1. The molecule has 0 saturated carbocycles. The van der Waals surface area contributed by atoms with Crippen molar-refractivity contribution in [3.63, 3.8) is 0 Å². The average Bonchev–Trinajstić information content (AvgIpc) is 2.89. The number of esters is 1. The Morgan fingerprint density at radius 1 is 1.53 bits per heavy atom. The van der Waals surface area contributed by atoms with Crippen LogP contribution in [0.5, 0.6) is 0 Å². The molecule has 2 atom stereocenters. The third-order valence-corrected chi connectivity index (χ3v) is 4.97. The molecule has 7 heteroatoms. The van der Waals surface area contributed by atoms with Crippen molar-refractivity contribution < 1.29 is 22.7 Å². The van der Waals surface area contributed by atoms with Gasteiger partial charge in [-0.05, 0) is 13.0 Å². The maximum atomic E-state index is 12.0. The standard InChI is InChI=1S/C12H23NO5S/c1-3-13-11(10-4-6-18-8-10)9-19(15,16)7-5-12(14)17-2/h10-11,13H,3-9H2,1-2H3. The molecule has 0 aliphatic carbocycles. The molecular formula is C12H23NO5S. The van der Waals surface area contributed by atoms with E-state index in [1.807, 2.05) is 6.92 Å². The second-order valence-electron chi connectivity index (χ2n) is 4.73. The second kappa shape index (κ2) is 7.81. The largest absolute Gasteiger partial charge is 0.469 e. The molecular weight excluding hydrogens is 270 g/mol. The summed E-state index contributed by atoms with van der Waals surface area (Å²) >= 11 is 0. The van der Waals surface area contributed by atoms with Crippen LogP contribution in [0.2, 0.25) is 0 Å². The van der Waals surface area contributed by atoms with E-state index in [0.29, 0.717) is 19.8 Å². The lowest BCUT2D eigenvalue weighted by Gasteiger charge is -2.23. The molecule has 1 N–H and O–H groups in total. The van der Waals surface area contributed by atoms with Gasteiger partial charge in [-0.2, -0.15) is 0 Å². The van der Waals surface area contributed by atoms with E-state index in [2.05, 4.69) is 10.1 Å². The third-order valence-electron chi connectivity index (χ3n) is 3.28. The van der Waals surface area contributed by atoms with Crippen molar-refractivity contribution in [2.75, 3.05) is 38.4 Å². The van der Waals surface area contributed by atoms with Crippen LogP contribution in [0.25, 0.3) is 0 Å². The van der Waals surface area contributed by atoms with Crippen LogP contribution in [0, 0.1) is 5.92 Å². The zero-order chi connectivity index (χ0) is 14.3. The number of nitrogens with one attached hydrogen (secondary N) is 1. The molecule has 1 fully saturated rings. The highest BCUT2D eigenvalue weighted by Gasteiger charge is 2.29. The van der Waals surface area contributed by atoms with Crippen molar-refractivity contribution in [3.05, 3.63) is 0 Å². The number of rotatable bonds is 8. The third kappa shape index (κ3) is 5.88. The molecule has 19 heavy (non-hydrogen) atoms. The van der Waals surface area contributed by atoms with E-state index in [1.165, 1.54) is 7.11 Å². The molecule has 0 spiro atoms. The molecule has 1 aliphatic heterocycles. The molecule has 2 unspecified atom stereocenters. The molecule has 0 aromatic rings. The Morgan fingerprint density at radius 2 is 2.26 bits per heavy atom. The summed E-state index contributed by atoms with van der Waals surface area (Å²) in [6, 6.07) is -0.102. The number of carbonyl (C=O) groups excluding carboxylic acids is 1. The molecule has 6 nitrogen and oxygen atoms in total. The molecule has 112 valence electrons. The zero-order valence-electron chi connectivity index (χ0n) is 11.6. The Kier molecular flexibility index (Phi) is 6.74. The van der Waals surface area contributed by atoms with E-state index in [4.69, 9.17) is 4.74 Å². The lowest BCUT2D eigenvalue weighted by molar-refractivity contribution is -0.140. The lowest BCUT2D eigenvalue weighted by atomic mass is 10.0. The van der Waals surface area contributed by atoms with Gasteiger partial charge in [0, 0.05) is 18.6 Å². The zero-order valence-corrected chi connectivity index (χ0v) is 12.4. The Bertz CT molecular complexity index is 376. The van der Waals surface area contributed by atoms with Gasteiger partial charge in [0.2, 0.25) is 0 Å². The van der Waals surface area contributed by atoms with Crippen LogP contribution >= 0.6 is 0 Å². The smallest absolute Gasteiger partial charge is 0.306 e. The summed E-state index contributed by atoms with van der Waals surface area (Å²) in [5, 5.41) is 3.21. The highest BCUT2D eigenvalue weighted by Crippen LogP contribution is 2.18. The Balaban J connectivity index is 2.53. The maximum absolute atomic E-state index is 12.0. The first-order valence-corrected chi connectivity index (χ1v) is 8.39. The summed E-state index contributed by atoms with van der Waals surface area (Å²) in [4.78, 5) is 11.0. The van der Waals surface area contributed by atoms with E-state index in [1.54, 1.807) is 0 Å². The van der Waals surface area contributed by atoms with Crippen molar-refractivity contribution >= 4 is 15.8 Å². The van der Waals surface area contributed by atoms with E-state index >= 15 is 0 Å². The molecule has 0 aromatic heterocycles. The fourth-order valence-electron chi connectivity index (χ4n) is 2.19. The van der Waals surface area contributed by atoms with Gasteiger partial charge < -0.3 is 14.8 Å². The van der Waals surface area contributed by atoms with Gasteiger partial charge in [0.15, 0.2) is 9.84 Å². The van der Waals surface area contributed by atoms with Crippen LogP contribution in [0.3, 0.4) is 0 Å². The van der Waals surface area contributed by atoms with Crippen molar-refractivity contribution in [2.24, 2.45) is 5.92 Å². The van der Waals surface area contributed by atoms with Crippen LogP contribution < -0.4 is 5.32 Å². The number of hydrogen-bond acceptors (Lipinski definition) is 6. The van der Waals surface area contributed by atoms with Crippen LogP contribution in [-0.2, 0) is 24.1 Å². The minimum Gasteiger partial charge on any atom is -0.469 e. The predicted octanol–water partition coefficient (Wildman–Crippen LogP) is -0.0211. The average molecular weight is 293 g/mol. The normalized spacial score (nSPS) is 21.3. The molecule has 1 heterocycles. The van der Waals surface area contributed by atoms with Crippen LogP contribution in [-0.4, -0.2) is 58.8 Å². The summed E-state index contributed by atoms with van der Waals surface area (Å²) in [7, 11) is -2.01. The summed E-state index contributed by atoms with van der Waals surface area (Å²) in [5.74, 6) is -0.373. The van der Waals surface area contributed by atoms with Crippen molar-refractivity contribution in [3.8, 4) is 0 Å². The van der Waals surface area contributed by atoms with E-state index in [9.17, 15) is 13.2 Å². The molecule has 0 amide bonds. The molecule has 1 aliphatic rings. The van der Waals surface area contributed by atoms with Gasteiger partial charge in [-0.1, -0.05) is 6.92 Å². The summed E-state index contributed by atoms with van der Waals surface area (Å²) in [6.07, 6.45) is 0.795. The van der Waals surface area contributed by atoms with Gasteiger partial charge in [-0.25, -0.2) is 8.42 Å². The summed E-state index contributed by atoms with van der Waals surface area (Å²) in [5.41, 5.74) is 0. The summed E-state index contributed by atoms with van der Waals surface area (Å²) in [6.45, 7) is 3.95. The lowest BCUT2D eigenvalue weighted by Crippen LogP contribution is -2.42. The van der Waals surface area contributed by atoms with Gasteiger partial charge in [0.25, 0.3) is 0 Å².